The Morgan fingerprint density at radius 1 is 1.48 bits per heavy atom. The van der Waals surface area contributed by atoms with Crippen molar-refractivity contribution in [2.75, 3.05) is 11.9 Å². The number of nitrogens with zero attached hydrogens (tertiary/aromatic N) is 4. The summed E-state index contributed by atoms with van der Waals surface area (Å²) in [4.78, 5) is 28.2. The van der Waals surface area contributed by atoms with Gasteiger partial charge in [-0.15, -0.1) is 16.4 Å². The molecule has 2 aromatic heterocycles. The standard InChI is InChI=1S/C16H19N5O3S/c1-4-24-16(23)14-11(5-10(2)3)8-25-15(14)19-13(22)7-21-9-18-12(6-17)20-21/h8-10H,4-5,7H2,1-3H3,(H,19,22). The van der Waals surface area contributed by atoms with Gasteiger partial charge in [-0.3, -0.25) is 4.79 Å². The lowest BCUT2D eigenvalue weighted by atomic mass is 10.0. The number of hydrogen-bond acceptors (Lipinski definition) is 7. The van der Waals surface area contributed by atoms with E-state index in [1.54, 1.807) is 13.0 Å². The summed E-state index contributed by atoms with van der Waals surface area (Å²) < 4.78 is 6.38. The molecular weight excluding hydrogens is 342 g/mol. The number of thiophene rings is 1. The predicted molar refractivity (Wildman–Crippen MR) is 92.2 cm³/mol. The van der Waals surface area contributed by atoms with Crippen molar-refractivity contribution in [1.82, 2.24) is 14.8 Å². The van der Waals surface area contributed by atoms with Gasteiger partial charge in [-0.2, -0.15) is 5.26 Å². The fourth-order valence-electron chi connectivity index (χ4n) is 2.24. The van der Waals surface area contributed by atoms with E-state index in [4.69, 9.17) is 10.00 Å². The molecule has 132 valence electrons. The van der Waals surface area contributed by atoms with Gasteiger partial charge in [0.1, 0.15) is 23.9 Å². The minimum Gasteiger partial charge on any atom is -0.462 e. The lowest BCUT2D eigenvalue weighted by Crippen LogP contribution is -2.20. The molecule has 0 saturated heterocycles. The Balaban J connectivity index is 2.17. The molecule has 0 radical (unpaired) electrons. The number of nitrogens with one attached hydrogen (secondary N) is 1. The van der Waals surface area contributed by atoms with Crippen molar-refractivity contribution in [3.63, 3.8) is 0 Å². The second kappa shape index (κ2) is 8.39. The van der Waals surface area contributed by atoms with E-state index in [9.17, 15) is 9.59 Å². The molecule has 0 aliphatic carbocycles. The molecule has 0 unspecified atom stereocenters. The van der Waals surface area contributed by atoms with E-state index in [1.807, 2.05) is 5.38 Å². The molecule has 0 aliphatic rings. The summed E-state index contributed by atoms with van der Waals surface area (Å²) in [6, 6.07) is 1.80. The zero-order valence-corrected chi connectivity index (χ0v) is 15.1. The minimum absolute atomic E-state index is 0.00430. The number of anilines is 1. The molecule has 0 fully saturated rings. The maximum absolute atomic E-state index is 12.3. The Morgan fingerprint density at radius 2 is 2.24 bits per heavy atom. The SMILES string of the molecule is CCOC(=O)c1c(CC(C)C)csc1NC(=O)Cn1cnc(C#N)n1. The van der Waals surface area contributed by atoms with Crippen LogP contribution in [0.4, 0.5) is 5.00 Å². The van der Waals surface area contributed by atoms with Crippen molar-refractivity contribution in [1.29, 1.82) is 5.26 Å². The van der Waals surface area contributed by atoms with Crippen molar-refractivity contribution in [2.45, 2.75) is 33.7 Å². The Bertz CT molecular complexity index is 803. The number of hydrogen-bond donors (Lipinski definition) is 1. The van der Waals surface area contributed by atoms with Crippen LogP contribution < -0.4 is 5.32 Å². The predicted octanol–water partition coefficient (Wildman–Crippen LogP) is 2.23. The number of rotatable bonds is 7. The van der Waals surface area contributed by atoms with Crippen LogP contribution in [0, 0.1) is 17.2 Å². The van der Waals surface area contributed by atoms with Crippen molar-refractivity contribution >= 4 is 28.2 Å². The molecule has 0 bridgehead atoms. The third kappa shape index (κ3) is 4.87. The first-order chi connectivity index (χ1) is 11.9. The van der Waals surface area contributed by atoms with Crippen LogP contribution in [0.5, 0.6) is 0 Å². The lowest BCUT2D eigenvalue weighted by Gasteiger charge is -2.09. The molecule has 0 spiro atoms. The zero-order chi connectivity index (χ0) is 18.4. The molecule has 0 saturated carbocycles. The first kappa shape index (κ1) is 18.6. The third-order valence-corrected chi connectivity index (χ3v) is 4.11. The molecule has 2 aromatic rings. The van der Waals surface area contributed by atoms with Gasteiger partial charge in [0.2, 0.25) is 5.91 Å². The number of carbonyl (C=O) groups is 2. The summed E-state index contributed by atoms with van der Waals surface area (Å²) in [6.45, 7) is 6.01. The summed E-state index contributed by atoms with van der Waals surface area (Å²) >= 11 is 1.29. The number of aromatic nitrogens is 3. The Kier molecular flexibility index (Phi) is 6.25. The average Bonchev–Trinajstić information content (AvgIpc) is 3.14. The maximum atomic E-state index is 12.3. The van der Waals surface area contributed by atoms with Gasteiger partial charge in [-0.1, -0.05) is 13.8 Å². The van der Waals surface area contributed by atoms with Gasteiger partial charge in [0.05, 0.1) is 12.2 Å². The highest BCUT2D eigenvalue weighted by molar-refractivity contribution is 7.15. The molecule has 25 heavy (non-hydrogen) atoms. The van der Waals surface area contributed by atoms with Gasteiger partial charge < -0.3 is 10.1 Å². The topological polar surface area (TPSA) is 110 Å². The fraction of sp³-hybridized carbons (Fsp3) is 0.438. The van der Waals surface area contributed by atoms with Crippen LogP contribution >= 0.6 is 11.3 Å². The maximum Gasteiger partial charge on any atom is 0.341 e. The van der Waals surface area contributed by atoms with Gasteiger partial charge in [-0.05, 0) is 30.2 Å². The van der Waals surface area contributed by atoms with E-state index in [0.717, 1.165) is 12.0 Å². The lowest BCUT2D eigenvalue weighted by molar-refractivity contribution is -0.116. The molecule has 8 nitrogen and oxygen atoms in total. The number of nitriles is 1. The van der Waals surface area contributed by atoms with Crippen molar-refractivity contribution in [2.24, 2.45) is 5.92 Å². The van der Waals surface area contributed by atoms with Crippen LogP contribution in [-0.2, 0) is 22.5 Å². The minimum atomic E-state index is -0.442. The highest BCUT2D eigenvalue weighted by atomic mass is 32.1. The van der Waals surface area contributed by atoms with Crippen LogP contribution in [-0.4, -0.2) is 33.2 Å². The monoisotopic (exact) mass is 361 g/mol. The van der Waals surface area contributed by atoms with E-state index < -0.39 is 5.97 Å². The first-order valence-corrected chi connectivity index (χ1v) is 8.69. The first-order valence-electron chi connectivity index (χ1n) is 7.81. The average molecular weight is 361 g/mol. The number of ether oxygens (including phenoxy) is 1. The molecule has 0 aliphatic heterocycles. The van der Waals surface area contributed by atoms with Crippen LogP contribution in [0.25, 0.3) is 0 Å². The smallest absolute Gasteiger partial charge is 0.341 e. The second-order valence-electron chi connectivity index (χ2n) is 5.71. The van der Waals surface area contributed by atoms with Gasteiger partial charge >= 0.3 is 5.97 Å². The van der Waals surface area contributed by atoms with Crippen molar-refractivity contribution in [3.05, 3.63) is 28.7 Å². The zero-order valence-electron chi connectivity index (χ0n) is 14.3. The van der Waals surface area contributed by atoms with Crippen LogP contribution in [0.2, 0.25) is 0 Å². The number of esters is 1. The van der Waals surface area contributed by atoms with Gasteiger partial charge in [0.25, 0.3) is 5.82 Å². The van der Waals surface area contributed by atoms with E-state index in [0.29, 0.717) is 16.5 Å². The molecule has 9 heteroatoms. The summed E-state index contributed by atoms with van der Waals surface area (Å²) in [6.07, 6.45) is 2.03. The summed E-state index contributed by atoms with van der Waals surface area (Å²) in [5.41, 5.74) is 1.27. The molecule has 1 N–H and O–H groups in total. The van der Waals surface area contributed by atoms with Gasteiger partial charge in [0.15, 0.2) is 0 Å². The van der Waals surface area contributed by atoms with E-state index >= 15 is 0 Å². The summed E-state index contributed by atoms with van der Waals surface area (Å²) in [5, 5.41) is 17.6. The quantitative estimate of drug-likeness (QED) is 0.757. The second-order valence-corrected chi connectivity index (χ2v) is 6.59. The molecule has 1 amide bonds. The molecule has 0 atom stereocenters. The van der Waals surface area contributed by atoms with E-state index in [1.165, 1.54) is 22.3 Å². The third-order valence-electron chi connectivity index (χ3n) is 3.17. The van der Waals surface area contributed by atoms with E-state index in [-0.39, 0.29) is 24.9 Å². The Hall–Kier alpha value is -2.73. The molecule has 2 rings (SSSR count). The summed E-state index contributed by atoms with van der Waals surface area (Å²) in [5.74, 6) is -0.443. The normalized spacial score (nSPS) is 10.5. The number of amides is 1. The van der Waals surface area contributed by atoms with Gasteiger partial charge in [-0.25, -0.2) is 14.5 Å². The van der Waals surface area contributed by atoms with Crippen molar-refractivity contribution < 1.29 is 14.3 Å². The van der Waals surface area contributed by atoms with Crippen LogP contribution in [0.1, 0.15) is 42.5 Å². The van der Waals surface area contributed by atoms with Gasteiger partial charge in [0, 0.05) is 0 Å². The molecular formula is C16H19N5O3S. The summed E-state index contributed by atoms with van der Waals surface area (Å²) in [7, 11) is 0. The fourth-order valence-corrected chi connectivity index (χ4v) is 3.22. The van der Waals surface area contributed by atoms with E-state index in [2.05, 4.69) is 29.2 Å². The van der Waals surface area contributed by atoms with Crippen LogP contribution in [0.3, 0.4) is 0 Å². The highest BCUT2D eigenvalue weighted by Gasteiger charge is 2.22. The Morgan fingerprint density at radius 3 is 2.84 bits per heavy atom. The van der Waals surface area contributed by atoms with Crippen molar-refractivity contribution in [3.8, 4) is 6.07 Å². The Labute approximate surface area is 149 Å². The molecule has 0 aromatic carbocycles. The molecule has 2 heterocycles. The number of carbonyl (C=O) groups excluding carboxylic acids is 2. The largest absolute Gasteiger partial charge is 0.462 e. The highest BCUT2D eigenvalue weighted by Crippen LogP contribution is 2.31. The van der Waals surface area contributed by atoms with Crippen LogP contribution in [0.15, 0.2) is 11.7 Å².